The Morgan fingerprint density at radius 3 is 2.61 bits per heavy atom. The Labute approximate surface area is 221 Å². The maximum atomic E-state index is 13.7. The first-order chi connectivity index (χ1) is 17.4. The number of aryl methyl sites for hydroxylation is 2. The number of fused-ring (bicyclic) bond motifs is 4. The van der Waals surface area contributed by atoms with Crippen molar-refractivity contribution in [1.29, 1.82) is 0 Å². The Morgan fingerprint density at radius 2 is 1.83 bits per heavy atom. The number of amides is 1. The van der Waals surface area contributed by atoms with E-state index in [1.54, 1.807) is 6.07 Å². The number of nitrogens with zero attached hydrogens (tertiary/aromatic N) is 2. The van der Waals surface area contributed by atoms with Crippen LogP contribution in [0.5, 0.6) is 0 Å². The molecule has 36 heavy (non-hydrogen) atoms. The lowest BCUT2D eigenvalue weighted by molar-refractivity contribution is -0.115. The van der Waals surface area contributed by atoms with Gasteiger partial charge in [-0.25, -0.2) is 0 Å². The molecule has 5 rings (SSSR count). The van der Waals surface area contributed by atoms with Crippen LogP contribution in [0, 0.1) is 12.8 Å². The van der Waals surface area contributed by atoms with Crippen molar-refractivity contribution in [2.24, 2.45) is 5.92 Å². The molecule has 1 amide bonds. The van der Waals surface area contributed by atoms with Crippen molar-refractivity contribution in [2.75, 3.05) is 18.4 Å². The quantitative estimate of drug-likeness (QED) is 0.451. The van der Waals surface area contributed by atoms with Crippen molar-refractivity contribution in [3.05, 3.63) is 99.5 Å². The highest BCUT2D eigenvalue weighted by molar-refractivity contribution is 8.23. The van der Waals surface area contributed by atoms with Gasteiger partial charge < -0.3 is 14.8 Å². The molecule has 3 atom stereocenters. The third kappa shape index (κ3) is 5.00. The number of rotatable bonds is 5. The summed E-state index contributed by atoms with van der Waals surface area (Å²) in [6.45, 7) is 6.43. The van der Waals surface area contributed by atoms with Crippen molar-refractivity contribution in [3.8, 4) is 0 Å². The summed E-state index contributed by atoms with van der Waals surface area (Å²) in [6.07, 6.45) is 1.92. The minimum absolute atomic E-state index is 0.0633. The summed E-state index contributed by atoms with van der Waals surface area (Å²) in [7, 11) is 0. The number of carbonyl (C=O) groups is 1. The number of nitrogens with one attached hydrogen (secondary N) is 1. The molecule has 1 saturated heterocycles. The molecule has 2 aliphatic rings. The van der Waals surface area contributed by atoms with Gasteiger partial charge >= 0.3 is 0 Å². The summed E-state index contributed by atoms with van der Waals surface area (Å²) in [5.74, 6) is 0.581. The maximum Gasteiger partial charge on any atom is 0.250 e. The van der Waals surface area contributed by atoms with E-state index in [1.807, 2.05) is 60.0 Å². The molecule has 0 spiro atoms. The van der Waals surface area contributed by atoms with Crippen LogP contribution in [0.3, 0.4) is 0 Å². The van der Waals surface area contributed by atoms with Gasteiger partial charge in [0.25, 0.3) is 5.56 Å². The van der Waals surface area contributed by atoms with Gasteiger partial charge in [0.15, 0.2) is 0 Å². The second-order valence-corrected chi connectivity index (χ2v) is 11.5. The SMILES string of the molecule is CCc1cccc(C)c1NC(=O)C(SC(=S)N1CC2CC(C1)c1cccc(=O)n1C2)c1ccccc1. The number of hydrogen-bond donors (Lipinski definition) is 1. The standard InChI is InChI=1S/C29H31N3O2S2/c1-3-21-12-7-9-19(2)26(21)30-28(34)27(22-10-5-4-6-11-22)36-29(35)31-16-20-15-23(18-31)24-13-8-14-25(33)32(24)17-20/h4-14,20,23,27H,3,15-18H2,1-2H3,(H,30,34). The molecule has 3 unspecified atom stereocenters. The van der Waals surface area contributed by atoms with Gasteiger partial charge in [-0.1, -0.05) is 85.5 Å². The van der Waals surface area contributed by atoms with E-state index in [4.69, 9.17) is 12.2 Å². The van der Waals surface area contributed by atoms with E-state index in [0.29, 0.717) is 5.92 Å². The van der Waals surface area contributed by atoms with E-state index in [-0.39, 0.29) is 17.4 Å². The van der Waals surface area contributed by atoms with Gasteiger partial charge in [-0.15, -0.1) is 0 Å². The van der Waals surface area contributed by atoms with Gasteiger partial charge in [-0.3, -0.25) is 9.59 Å². The number of carbonyl (C=O) groups excluding carboxylic acids is 1. The Hall–Kier alpha value is -2.90. The van der Waals surface area contributed by atoms with Crippen LogP contribution in [0.2, 0.25) is 0 Å². The fraction of sp³-hybridized carbons (Fsp3) is 0.345. The molecular formula is C29H31N3O2S2. The van der Waals surface area contributed by atoms with Crippen LogP contribution < -0.4 is 10.9 Å². The zero-order chi connectivity index (χ0) is 25.2. The number of hydrogen-bond acceptors (Lipinski definition) is 4. The normalized spacial score (nSPS) is 19.3. The van der Waals surface area contributed by atoms with Crippen LogP contribution in [-0.2, 0) is 17.8 Å². The monoisotopic (exact) mass is 517 g/mol. The molecule has 2 aromatic carbocycles. The molecule has 0 aliphatic carbocycles. The fourth-order valence-electron chi connectivity index (χ4n) is 5.51. The predicted octanol–water partition coefficient (Wildman–Crippen LogP) is 5.54. The van der Waals surface area contributed by atoms with Crippen molar-refractivity contribution in [3.63, 3.8) is 0 Å². The average molecular weight is 518 g/mol. The first-order valence-electron chi connectivity index (χ1n) is 12.5. The lowest BCUT2D eigenvalue weighted by Crippen LogP contribution is -2.48. The highest BCUT2D eigenvalue weighted by Gasteiger charge is 2.36. The topological polar surface area (TPSA) is 54.3 Å². The maximum absolute atomic E-state index is 13.7. The van der Waals surface area contributed by atoms with E-state index in [1.165, 1.54) is 11.8 Å². The van der Waals surface area contributed by atoms with Gasteiger partial charge in [-0.2, -0.15) is 0 Å². The molecule has 0 radical (unpaired) electrons. The van der Waals surface area contributed by atoms with E-state index < -0.39 is 5.25 Å². The Bertz CT molecular complexity index is 1340. The zero-order valence-electron chi connectivity index (χ0n) is 20.6. The molecule has 186 valence electrons. The van der Waals surface area contributed by atoms with Crippen LogP contribution >= 0.6 is 24.0 Å². The Balaban J connectivity index is 1.37. The lowest BCUT2D eigenvalue weighted by Gasteiger charge is -2.43. The van der Waals surface area contributed by atoms with Crippen LogP contribution in [-0.4, -0.2) is 32.8 Å². The molecule has 3 heterocycles. The highest BCUT2D eigenvalue weighted by atomic mass is 32.2. The lowest BCUT2D eigenvalue weighted by atomic mass is 9.83. The molecule has 5 nitrogen and oxygen atoms in total. The average Bonchev–Trinajstić information content (AvgIpc) is 2.89. The molecule has 1 aromatic heterocycles. The third-order valence-corrected chi connectivity index (χ3v) is 9.01. The molecule has 2 aliphatic heterocycles. The third-order valence-electron chi connectivity index (χ3n) is 7.29. The predicted molar refractivity (Wildman–Crippen MR) is 152 cm³/mol. The smallest absolute Gasteiger partial charge is 0.250 e. The molecule has 1 fully saturated rings. The van der Waals surface area contributed by atoms with Gasteiger partial charge in [-0.05, 0) is 48.4 Å². The van der Waals surface area contributed by atoms with Crippen LogP contribution in [0.4, 0.5) is 5.69 Å². The summed E-state index contributed by atoms with van der Waals surface area (Å²) < 4.78 is 2.67. The van der Waals surface area contributed by atoms with E-state index in [2.05, 4.69) is 29.3 Å². The molecule has 7 heteroatoms. The fourth-order valence-corrected chi connectivity index (χ4v) is 6.91. The van der Waals surface area contributed by atoms with Gasteiger partial charge in [0.1, 0.15) is 9.57 Å². The largest absolute Gasteiger partial charge is 0.356 e. The number of anilines is 1. The van der Waals surface area contributed by atoms with E-state index >= 15 is 0 Å². The minimum atomic E-state index is -0.459. The number of piperidine rings is 1. The van der Waals surface area contributed by atoms with E-state index in [9.17, 15) is 9.59 Å². The van der Waals surface area contributed by atoms with Crippen molar-refractivity contribution >= 4 is 39.9 Å². The number of thioether (sulfide) groups is 1. The number of pyridine rings is 1. The van der Waals surface area contributed by atoms with Crippen LogP contribution in [0.15, 0.2) is 71.5 Å². The summed E-state index contributed by atoms with van der Waals surface area (Å²) in [6, 6.07) is 21.6. The first-order valence-corrected chi connectivity index (χ1v) is 13.8. The van der Waals surface area contributed by atoms with Crippen LogP contribution in [0.1, 0.15) is 46.9 Å². The van der Waals surface area contributed by atoms with Crippen molar-refractivity contribution in [2.45, 2.75) is 44.4 Å². The van der Waals surface area contributed by atoms with Gasteiger partial charge in [0.2, 0.25) is 5.91 Å². The van der Waals surface area contributed by atoms with Crippen LogP contribution in [0.25, 0.3) is 0 Å². The highest BCUT2D eigenvalue weighted by Crippen LogP contribution is 2.39. The number of aromatic nitrogens is 1. The van der Waals surface area contributed by atoms with E-state index in [0.717, 1.165) is 64.9 Å². The van der Waals surface area contributed by atoms with Crippen molar-refractivity contribution in [1.82, 2.24) is 9.47 Å². The molecule has 1 N–H and O–H groups in total. The summed E-state index contributed by atoms with van der Waals surface area (Å²) in [5.41, 5.74) is 5.19. The summed E-state index contributed by atoms with van der Waals surface area (Å²) in [5, 5.41) is 2.76. The zero-order valence-corrected chi connectivity index (χ0v) is 22.3. The first kappa shape index (κ1) is 24.8. The number of para-hydroxylation sites is 1. The van der Waals surface area contributed by atoms with Crippen molar-refractivity contribution < 1.29 is 4.79 Å². The number of benzene rings is 2. The molecule has 0 saturated carbocycles. The second kappa shape index (κ2) is 10.6. The Kier molecular flexibility index (Phi) is 7.30. The van der Waals surface area contributed by atoms with Gasteiger partial charge in [0.05, 0.1) is 0 Å². The summed E-state index contributed by atoms with van der Waals surface area (Å²) in [4.78, 5) is 28.3. The second-order valence-electron chi connectivity index (χ2n) is 9.73. The molecular weight excluding hydrogens is 486 g/mol. The van der Waals surface area contributed by atoms with Gasteiger partial charge in [0, 0.05) is 43.0 Å². The molecule has 3 aromatic rings. The summed E-state index contributed by atoms with van der Waals surface area (Å²) >= 11 is 7.40. The number of thiocarbonyl (C=S) groups is 1. The minimum Gasteiger partial charge on any atom is -0.356 e. The number of likely N-dealkylation sites (tertiary alicyclic amines) is 1. The molecule has 2 bridgehead atoms. The Morgan fingerprint density at radius 1 is 1.06 bits per heavy atom.